The topological polar surface area (TPSA) is 26.3 Å². The summed E-state index contributed by atoms with van der Waals surface area (Å²) in [7, 11) is 0. The largest absolute Gasteiger partial charge is 0.446 e. The van der Waals surface area contributed by atoms with Gasteiger partial charge in [-0.2, -0.15) is 0 Å². The molecule has 0 aromatic heterocycles. The molecule has 0 aromatic carbocycles. The molecular formula is C13H18O2. The fraction of sp³-hybridized carbons (Fsp3) is 0.462. The van der Waals surface area contributed by atoms with E-state index in [9.17, 15) is 4.79 Å². The van der Waals surface area contributed by atoms with Gasteiger partial charge in [-0.25, -0.2) is 4.79 Å². The highest BCUT2D eigenvalue weighted by atomic mass is 16.6. The quantitative estimate of drug-likeness (QED) is 0.299. The zero-order chi connectivity index (χ0) is 11.9. The summed E-state index contributed by atoms with van der Waals surface area (Å²) in [6.07, 6.45) is 10.2. The molecule has 82 valence electrons. The highest BCUT2D eigenvalue weighted by molar-refractivity contribution is 5.88. The van der Waals surface area contributed by atoms with Crippen molar-refractivity contribution in [3.05, 3.63) is 24.3 Å². The molecule has 0 aliphatic carbocycles. The summed E-state index contributed by atoms with van der Waals surface area (Å²) < 4.78 is 5.10. The number of carbonyl (C=O) groups is 1. The van der Waals surface area contributed by atoms with E-state index in [1.165, 1.54) is 5.57 Å². The Morgan fingerprint density at radius 3 is 2.60 bits per heavy atom. The molecule has 0 radical (unpaired) electrons. The van der Waals surface area contributed by atoms with Gasteiger partial charge in [0.05, 0.1) is 0 Å². The first-order valence-electron chi connectivity index (χ1n) is 4.90. The van der Waals surface area contributed by atoms with Gasteiger partial charge in [0.25, 0.3) is 0 Å². The van der Waals surface area contributed by atoms with Crippen LogP contribution in [0.15, 0.2) is 24.3 Å². The van der Waals surface area contributed by atoms with E-state index in [2.05, 4.69) is 12.7 Å². The maximum absolute atomic E-state index is 11.0. The third-order valence-corrected chi connectivity index (χ3v) is 2.07. The second kappa shape index (κ2) is 6.08. The fourth-order valence-electron chi connectivity index (χ4n) is 1.08. The molecule has 0 rings (SSSR count). The molecule has 2 nitrogen and oxygen atoms in total. The van der Waals surface area contributed by atoms with Crippen LogP contribution in [0.2, 0.25) is 0 Å². The van der Waals surface area contributed by atoms with E-state index in [4.69, 9.17) is 11.2 Å². The first-order chi connectivity index (χ1) is 6.93. The van der Waals surface area contributed by atoms with Crippen LogP contribution in [0, 0.1) is 12.3 Å². The predicted octanol–water partition coefficient (Wildman–Crippen LogP) is 2.85. The van der Waals surface area contributed by atoms with E-state index < -0.39 is 11.6 Å². The Kier molecular flexibility index (Phi) is 5.48. The summed E-state index contributed by atoms with van der Waals surface area (Å²) in [4.78, 5) is 11.0. The maximum Gasteiger partial charge on any atom is 0.384 e. The highest BCUT2D eigenvalue weighted by Crippen LogP contribution is 2.19. The van der Waals surface area contributed by atoms with Crippen LogP contribution in [0.1, 0.15) is 33.6 Å². The lowest BCUT2D eigenvalue weighted by Crippen LogP contribution is -2.28. The summed E-state index contributed by atoms with van der Waals surface area (Å²) in [6.45, 7) is 9.50. The lowest BCUT2D eigenvalue weighted by Gasteiger charge is -2.24. The summed E-state index contributed by atoms with van der Waals surface area (Å²) in [5, 5.41) is 0. The number of esters is 1. The number of ether oxygens (including phenoxy) is 1. The minimum Gasteiger partial charge on any atom is -0.446 e. The number of hydrogen-bond acceptors (Lipinski definition) is 2. The Bertz CT molecular complexity index is 303. The van der Waals surface area contributed by atoms with Gasteiger partial charge in [-0.3, -0.25) is 0 Å². The number of terminal acetylenes is 1. The van der Waals surface area contributed by atoms with Crippen molar-refractivity contribution in [2.75, 3.05) is 0 Å². The van der Waals surface area contributed by atoms with Crippen molar-refractivity contribution in [2.45, 2.75) is 39.2 Å². The van der Waals surface area contributed by atoms with Crippen LogP contribution in [0.5, 0.6) is 0 Å². The van der Waals surface area contributed by atoms with Gasteiger partial charge in [0.15, 0.2) is 0 Å². The first-order valence-corrected chi connectivity index (χ1v) is 4.90. The van der Waals surface area contributed by atoms with Crippen molar-refractivity contribution in [1.29, 1.82) is 0 Å². The molecule has 0 aromatic rings. The highest BCUT2D eigenvalue weighted by Gasteiger charge is 2.23. The summed E-state index contributed by atoms with van der Waals surface area (Å²) >= 11 is 0. The summed E-state index contributed by atoms with van der Waals surface area (Å²) in [5.41, 5.74) is 0.569. The average molecular weight is 206 g/mol. The number of allylic oxidation sites excluding steroid dienone is 2. The van der Waals surface area contributed by atoms with Gasteiger partial charge in [0.1, 0.15) is 5.60 Å². The Morgan fingerprint density at radius 2 is 2.20 bits per heavy atom. The van der Waals surface area contributed by atoms with Crippen molar-refractivity contribution in [3.63, 3.8) is 0 Å². The van der Waals surface area contributed by atoms with Crippen molar-refractivity contribution in [2.24, 2.45) is 0 Å². The molecule has 0 N–H and O–H groups in total. The second-order valence-corrected chi connectivity index (χ2v) is 3.87. The molecule has 15 heavy (non-hydrogen) atoms. The van der Waals surface area contributed by atoms with E-state index in [1.54, 1.807) is 13.0 Å². The van der Waals surface area contributed by atoms with Crippen LogP contribution >= 0.6 is 0 Å². The van der Waals surface area contributed by atoms with Gasteiger partial charge in [-0.15, -0.1) is 6.42 Å². The van der Waals surface area contributed by atoms with Gasteiger partial charge in [0.2, 0.25) is 0 Å². The molecule has 0 bridgehead atoms. The Morgan fingerprint density at radius 1 is 1.60 bits per heavy atom. The predicted molar refractivity (Wildman–Crippen MR) is 62.2 cm³/mol. The molecule has 0 spiro atoms. The molecule has 1 unspecified atom stereocenters. The van der Waals surface area contributed by atoms with Gasteiger partial charge in [-0.1, -0.05) is 18.2 Å². The monoisotopic (exact) mass is 206 g/mol. The molecular weight excluding hydrogens is 188 g/mol. The van der Waals surface area contributed by atoms with Crippen LogP contribution in [0.3, 0.4) is 0 Å². The first kappa shape index (κ1) is 13.5. The van der Waals surface area contributed by atoms with E-state index in [1.807, 2.05) is 19.8 Å². The molecule has 0 saturated heterocycles. The fourth-order valence-corrected chi connectivity index (χ4v) is 1.08. The van der Waals surface area contributed by atoms with Crippen molar-refractivity contribution < 1.29 is 9.53 Å². The van der Waals surface area contributed by atoms with Crippen LogP contribution < -0.4 is 0 Å². The van der Waals surface area contributed by atoms with Crippen LogP contribution in [-0.2, 0) is 9.53 Å². The molecule has 0 amide bonds. The smallest absolute Gasteiger partial charge is 0.384 e. The van der Waals surface area contributed by atoms with Crippen LogP contribution in [0.4, 0.5) is 0 Å². The van der Waals surface area contributed by atoms with E-state index in [0.29, 0.717) is 6.42 Å². The lowest BCUT2D eigenvalue weighted by molar-refractivity contribution is -0.146. The summed E-state index contributed by atoms with van der Waals surface area (Å²) in [5.74, 6) is 1.29. The lowest BCUT2D eigenvalue weighted by atomic mass is 9.99. The van der Waals surface area contributed by atoms with Crippen molar-refractivity contribution in [3.8, 4) is 12.3 Å². The zero-order valence-corrected chi connectivity index (χ0v) is 9.67. The third-order valence-electron chi connectivity index (χ3n) is 2.07. The Labute approximate surface area is 92.0 Å². The van der Waals surface area contributed by atoms with Crippen molar-refractivity contribution in [1.82, 2.24) is 0 Å². The second-order valence-electron chi connectivity index (χ2n) is 3.87. The van der Waals surface area contributed by atoms with Crippen molar-refractivity contribution >= 4 is 5.97 Å². The minimum absolute atomic E-state index is 0.644. The molecule has 0 aliphatic rings. The van der Waals surface area contributed by atoms with Gasteiger partial charge >= 0.3 is 5.97 Å². The van der Waals surface area contributed by atoms with Gasteiger partial charge in [0, 0.05) is 5.92 Å². The molecule has 0 aliphatic heterocycles. The third kappa shape index (κ3) is 5.74. The van der Waals surface area contributed by atoms with Crippen LogP contribution in [0.25, 0.3) is 0 Å². The number of rotatable bonds is 5. The van der Waals surface area contributed by atoms with E-state index in [0.717, 1.165) is 6.42 Å². The average Bonchev–Trinajstić information content (AvgIpc) is 2.17. The number of carbonyl (C=O) groups excluding carboxylic acids is 1. The maximum atomic E-state index is 11.0. The summed E-state index contributed by atoms with van der Waals surface area (Å²) in [6, 6.07) is 0. The Balaban J connectivity index is 4.33. The SMILES string of the molecule is C#CC(=O)OC(C)(C=C)CCC=C(C)C. The molecule has 2 heteroatoms. The van der Waals surface area contributed by atoms with E-state index in [-0.39, 0.29) is 0 Å². The molecule has 0 saturated carbocycles. The van der Waals surface area contributed by atoms with Gasteiger partial charge < -0.3 is 4.74 Å². The Hall–Kier alpha value is -1.49. The number of hydrogen-bond donors (Lipinski definition) is 0. The minimum atomic E-state index is -0.671. The zero-order valence-electron chi connectivity index (χ0n) is 9.67. The van der Waals surface area contributed by atoms with Gasteiger partial charge in [-0.05, 0) is 39.7 Å². The molecule has 0 fully saturated rings. The van der Waals surface area contributed by atoms with E-state index >= 15 is 0 Å². The molecule has 1 atom stereocenters. The standard InChI is InChI=1S/C13H18O2/c1-6-12(14)15-13(5,7-2)10-8-9-11(3)4/h1,7,9H,2,8,10H2,3-5H3. The normalized spacial score (nSPS) is 13.2. The molecule has 0 heterocycles. The van der Waals surface area contributed by atoms with Crippen LogP contribution in [-0.4, -0.2) is 11.6 Å².